The lowest BCUT2D eigenvalue weighted by Crippen LogP contribution is -2.78. The monoisotopic (exact) mass is 738 g/mol. The van der Waals surface area contributed by atoms with E-state index in [1.54, 1.807) is 32.3 Å². The van der Waals surface area contributed by atoms with Gasteiger partial charge in [-0.25, -0.2) is 23.9 Å². The van der Waals surface area contributed by atoms with Crippen LogP contribution in [0.3, 0.4) is 0 Å². The lowest BCUT2D eigenvalue weighted by molar-refractivity contribution is -0.198. The number of fused-ring (bicyclic) bond motifs is 2. The fourth-order valence-electron chi connectivity index (χ4n) is 6.24. The van der Waals surface area contributed by atoms with Crippen molar-refractivity contribution in [2.24, 2.45) is 0 Å². The number of nitrogens with zero attached hydrogens (tertiary/aromatic N) is 5. The Labute approximate surface area is 293 Å². The molecule has 0 aliphatic carbocycles. The number of likely N-dealkylation sites (N-methyl/N-ethyl adjacent to an activating group) is 1. The number of benzene rings is 3. The smallest absolute Gasteiger partial charge is 0.404 e. The van der Waals surface area contributed by atoms with E-state index in [4.69, 9.17) is 9.05 Å². The highest BCUT2D eigenvalue weighted by Crippen LogP contribution is 2.61. The summed E-state index contributed by atoms with van der Waals surface area (Å²) < 4.78 is 40.9. The average molecular weight is 739 g/mol. The number of para-hydroxylation sites is 2. The van der Waals surface area contributed by atoms with Crippen LogP contribution < -0.4 is 9.84 Å². The minimum absolute atomic E-state index is 0.00370. The molecule has 16 nitrogen and oxygen atoms in total. The van der Waals surface area contributed by atoms with E-state index in [0.717, 1.165) is 10.9 Å². The van der Waals surface area contributed by atoms with Gasteiger partial charge in [-0.3, -0.25) is 19.1 Å². The number of aromatic nitrogens is 1. The molecule has 4 amide bonds. The van der Waals surface area contributed by atoms with Crippen molar-refractivity contribution in [2.45, 2.75) is 38.3 Å². The molecule has 2 saturated heterocycles. The van der Waals surface area contributed by atoms with Crippen molar-refractivity contribution in [2.75, 3.05) is 20.2 Å². The number of phosphoric ester groups is 1. The van der Waals surface area contributed by atoms with Crippen LogP contribution in [-0.2, 0) is 40.6 Å². The molecule has 0 saturated carbocycles. The van der Waals surface area contributed by atoms with Gasteiger partial charge in [0.2, 0.25) is 11.8 Å². The third-order valence-electron chi connectivity index (χ3n) is 8.49. The maximum atomic E-state index is 14.5. The summed E-state index contributed by atoms with van der Waals surface area (Å²) in [6, 6.07) is 22.9. The Morgan fingerprint density at radius 1 is 0.961 bits per heavy atom. The lowest BCUT2D eigenvalue weighted by Gasteiger charge is -2.57. The zero-order chi connectivity index (χ0) is 36.3. The highest BCUT2D eigenvalue weighted by Gasteiger charge is 2.55. The zero-order valence-corrected chi connectivity index (χ0v) is 29.4. The Kier molecular flexibility index (Phi) is 10.6. The molecular weight excluding hydrogens is 702 g/mol. The Morgan fingerprint density at radius 2 is 1.65 bits per heavy atom. The van der Waals surface area contributed by atoms with Crippen molar-refractivity contribution >= 4 is 44.4 Å². The van der Waals surface area contributed by atoms with Crippen LogP contribution in [0.5, 0.6) is 5.75 Å². The predicted octanol–water partition coefficient (Wildman–Crippen LogP) is 3.87. The number of phosphoric acid groups is 2. The molecule has 2 unspecified atom stereocenters. The number of urea groups is 1. The van der Waals surface area contributed by atoms with Crippen molar-refractivity contribution in [1.29, 1.82) is 0 Å². The number of piperazine rings is 1. The van der Waals surface area contributed by atoms with Gasteiger partial charge in [0.15, 0.2) is 0 Å². The van der Waals surface area contributed by atoms with Crippen molar-refractivity contribution in [3.8, 4) is 5.75 Å². The van der Waals surface area contributed by atoms with Gasteiger partial charge in [-0.15, -0.1) is 0 Å². The van der Waals surface area contributed by atoms with Gasteiger partial charge in [-0.1, -0.05) is 72.8 Å². The van der Waals surface area contributed by atoms with Crippen LogP contribution in [-0.4, -0.2) is 90.9 Å². The second-order valence-corrected chi connectivity index (χ2v) is 14.9. The summed E-state index contributed by atoms with van der Waals surface area (Å²) in [5, 5.41) is 6.51. The number of hydrogen-bond donors (Lipinski definition) is 3. The first-order valence-corrected chi connectivity index (χ1v) is 18.8. The molecule has 2 fully saturated rings. The van der Waals surface area contributed by atoms with E-state index >= 15 is 0 Å². The number of rotatable bonds is 11. The number of amides is 4. The van der Waals surface area contributed by atoms with Gasteiger partial charge in [0.1, 0.15) is 18.0 Å². The number of carbonyl (C=O) groups is 3. The Balaban J connectivity index is 1.37. The highest BCUT2D eigenvalue weighted by molar-refractivity contribution is 7.61. The minimum Gasteiger partial charge on any atom is -0.404 e. The summed E-state index contributed by atoms with van der Waals surface area (Å²) in [4.78, 5) is 68.5. The Morgan fingerprint density at radius 3 is 2.35 bits per heavy atom. The molecule has 51 heavy (non-hydrogen) atoms. The first kappa shape index (κ1) is 36.1. The summed E-state index contributed by atoms with van der Waals surface area (Å²) in [5.74, 6) is -1.29. The Hall–Kier alpha value is -4.66. The molecule has 0 radical (unpaired) electrons. The molecule has 3 N–H and O–H groups in total. The number of hydrazine groups is 1. The van der Waals surface area contributed by atoms with Gasteiger partial charge in [0.25, 0.3) is 0 Å². The van der Waals surface area contributed by atoms with E-state index in [1.807, 2.05) is 54.6 Å². The standard InChI is InChI=1S/C33H36N6O10P2/c1-23-31-38(29(40)21-36(2)39(31)33(42)35-19-24-11-5-3-6-12-24)28(22-47-51(46,49-50(43,44)45)48-27-16-7-4-8-17-27)32(41)37(23)20-26-14-9-13-25-15-10-18-34-30(25)26/h3-18,23,28,31H,19-22H2,1-2H3,(H,35,42)(H2,43,44,45)/t23-,28-,31?,51?/m0/s1. The average Bonchev–Trinajstić information content (AvgIpc) is 3.09. The van der Waals surface area contributed by atoms with Crippen molar-refractivity contribution < 1.29 is 46.7 Å². The summed E-state index contributed by atoms with van der Waals surface area (Å²) in [6.45, 7) is 0.705. The van der Waals surface area contributed by atoms with Gasteiger partial charge in [0, 0.05) is 31.7 Å². The third-order valence-corrected chi connectivity index (χ3v) is 11.0. The number of carbonyl (C=O) groups excluding carboxylic acids is 3. The zero-order valence-electron chi connectivity index (χ0n) is 27.6. The van der Waals surface area contributed by atoms with Gasteiger partial charge in [-0.05, 0) is 36.2 Å². The van der Waals surface area contributed by atoms with Crippen LogP contribution in [0.2, 0.25) is 0 Å². The van der Waals surface area contributed by atoms with Crippen LogP contribution in [0, 0.1) is 0 Å². The molecule has 6 rings (SSSR count). The molecule has 1 aromatic heterocycles. The van der Waals surface area contributed by atoms with Crippen LogP contribution in [0.4, 0.5) is 4.79 Å². The molecule has 3 aromatic carbocycles. The summed E-state index contributed by atoms with van der Waals surface area (Å²) in [5.41, 5.74) is 2.15. The molecule has 4 atom stereocenters. The summed E-state index contributed by atoms with van der Waals surface area (Å²) in [6.07, 6.45) is 0.531. The first-order chi connectivity index (χ1) is 24.3. The third kappa shape index (κ3) is 8.13. The molecule has 268 valence electrons. The largest absolute Gasteiger partial charge is 0.539 e. The van der Waals surface area contributed by atoms with Crippen molar-refractivity contribution in [3.05, 3.63) is 108 Å². The Bertz CT molecular complexity index is 2000. The first-order valence-electron chi connectivity index (χ1n) is 15.9. The normalized spacial score (nSPS) is 20.9. The quantitative estimate of drug-likeness (QED) is 0.189. The van der Waals surface area contributed by atoms with Gasteiger partial charge < -0.3 is 29.4 Å². The number of hydrogen-bond acceptors (Lipinski definition) is 10. The topological polar surface area (TPSA) is 191 Å². The predicted molar refractivity (Wildman–Crippen MR) is 183 cm³/mol. The van der Waals surface area contributed by atoms with Crippen LogP contribution >= 0.6 is 15.6 Å². The van der Waals surface area contributed by atoms with E-state index in [0.29, 0.717) is 11.1 Å². The fraction of sp³-hybridized carbons (Fsp3) is 0.273. The lowest BCUT2D eigenvalue weighted by atomic mass is 9.99. The molecule has 0 spiro atoms. The van der Waals surface area contributed by atoms with Crippen LogP contribution in [0.1, 0.15) is 18.1 Å². The molecule has 4 aromatic rings. The molecule has 2 aliphatic heterocycles. The molecular formula is C33H36N6O10P2. The second-order valence-electron chi connectivity index (χ2n) is 12.0. The van der Waals surface area contributed by atoms with E-state index in [9.17, 15) is 33.3 Å². The fourth-order valence-corrected chi connectivity index (χ4v) is 8.36. The van der Waals surface area contributed by atoms with Crippen LogP contribution in [0.25, 0.3) is 10.9 Å². The molecule has 3 heterocycles. The number of nitrogens with one attached hydrogen (secondary N) is 1. The van der Waals surface area contributed by atoms with Gasteiger partial charge >= 0.3 is 21.7 Å². The minimum atomic E-state index is -5.47. The summed E-state index contributed by atoms with van der Waals surface area (Å²) >= 11 is 0. The molecule has 18 heteroatoms. The van der Waals surface area contributed by atoms with E-state index in [1.165, 1.54) is 44.1 Å². The molecule has 2 aliphatic rings. The van der Waals surface area contributed by atoms with Crippen molar-refractivity contribution in [3.63, 3.8) is 0 Å². The van der Waals surface area contributed by atoms with Crippen LogP contribution in [0.15, 0.2) is 97.2 Å². The van der Waals surface area contributed by atoms with E-state index in [-0.39, 0.29) is 25.4 Å². The van der Waals surface area contributed by atoms with Gasteiger partial charge in [-0.2, -0.15) is 4.31 Å². The highest BCUT2D eigenvalue weighted by atomic mass is 31.3. The molecule has 0 bridgehead atoms. The SMILES string of the molecule is C[C@H]1C2N(C(=O)CN(C)N2C(=O)NCc2ccccc2)[C@@H](COP(=O)(Oc2ccccc2)OP(=O)(O)O)C(=O)N1Cc1cccc2cccnc12. The van der Waals surface area contributed by atoms with E-state index in [2.05, 4.69) is 14.6 Å². The maximum Gasteiger partial charge on any atom is 0.539 e. The summed E-state index contributed by atoms with van der Waals surface area (Å²) in [7, 11) is -9.03. The second kappa shape index (κ2) is 14.9. The number of pyridine rings is 1. The van der Waals surface area contributed by atoms with E-state index < -0.39 is 58.3 Å². The van der Waals surface area contributed by atoms with Crippen molar-refractivity contribution in [1.82, 2.24) is 30.1 Å². The van der Waals surface area contributed by atoms with Gasteiger partial charge in [0.05, 0.1) is 24.7 Å². The maximum absolute atomic E-state index is 14.5.